The third-order valence-electron chi connectivity index (χ3n) is 1.39. The van der Waals surface area contributed by atoms with E-state index in [2.05, 4.69) is 9.72 Å². The van der Waals surface area contributed by atoms with E-state index in [-0.39, 0.29) is 22.9 Å². The molecule has 1 aromatic heterocycles. The Bertz CT molecular complexity index is 406. The number of hydrogen-bond acceptors (Lipinski definition) is 6. The average Bonchev–Trinajstić information content (AvgIpc) is 2.80. The second-order valence-electron chi connectivity index (χ2n) is 2.29. The Morgan fingerprint density at radius 3 is 2.69 bits per heavy atom. The molecule has 0 aromatic carbocycles. The van der Waals surface area contributed by atoms with E-state index in [9.17, 15) is 9.59 Å². The van der Waals surface area contributed by atoms with Crippen LogP contribution in [0.4, 0.5) is 0 Å². The number of ketones is 1. The van der Waals surface area contributed by atoms with Crippen LogP contribution in [0.15, 0.2) is 5.38 Å². The van der Waals surface area contributed by atoms with Gasteiger partial charge in [-0.1, -0.05) is 13.8 Å². The van der Waals surface area contributed by atoms with Crippen LogP contribution in [-0.4, -0.2) is 23.8 Å². The fraction of sp³-hybridized carbons (Fsp3) is 0.400. The van der Waals surface area contributed by atoms with Crippen molar-refractivity contribution >= 4 is 23.1 Å². The van der Waals surface area contributed by atoms with Crippen LogP contribution in [0.2, 0.25) is 0 Å². The lowest BCUT2D eigenvalue weighted by Crippen LogP contribution is -2.03. The Labute approximate surface area is 97.7 Å². The third-order valence-corrected chi connectivity index (χ3v) is 2.21. The first-order chi connectivity index (χ1) is 7.69. The second-order valence-corrected chi connectivity index (χ2v) is 3.15. The van der Waals surface area contributed by atoms with E-state index in [1.807, 2.05) is 13.8 Å². The molecule has 0 amide bonds. The van der Waals surface area contributed by atoms with Crippen molar-refractivity contribution in [3.05, 3.63) is 16.1 Å². The van der Waals surface area contributed by atoms with Crippen LogP contribution in [0.3, 0.4) is 0 Å². The predicted octanol–water partition coefficient (Wildman–Crippen LogP) is 2.05. The number of thiazole rings is 1. The standard InChI is InChI=1S/C8H6N2O3S.C2H6/c1-13-8(12)7-10-5(4-14-7)6(11)2-3-9;1-2/h4H,2H2,1H3;1-2H3. The highest BCUT2D eigenvalue weighted by atomic mass is 32.1. The number of nitriles is 1. The number of aromatic nitrogens is 1. The van der Waals surface area contributed by atoms with Gasteiger partial charge in [-0.2, -0.15) is 5.26 Å². The van der Waals surface area contributed by atoms with Gasteiger partial charge in [-0.05, 0) is 0 Å². The van der Waals surface area contributed by atoms with Crippen LogP contribution in [0, 0.1) is 11.3 Å². The minimum atomic E-state index is -0.578. The quantitative estimate of drug-likeness (QED) is 0.596. The van der Waals surface area contributed by atoms with Gasteiger partial charge in [0.25, 0.3) is 0 Å². The van der Waals surface area contributed by atoms with E-state index in [1.54, 1.807) is 6.07 Å². The van der Waals surface area contributed by atoms with E-state index >= 15 is 0 Å². The summed E-state index contributed by atoms with van der Waals surface area (Å²) in [4.78, 5) is 25.8. The van der Waals surface area contributed by atoms with Crippen molar-refractivity contribution in [2.45, 2.75) is 20.3 Å². The Hall–Kier alpha value is -1.74. The lowest BCUT2D eigenvalue weighted by atomic mass is 10.2. The van der Waals surface area contributed by atoms with Gasteiger partial charge in [-0.3, -0.25) is 4.79 Å². The van der Waals surface area contributed by atoms with Gasteiger partial charge in [-0.25, -0.2) is 9.78 Å². The Balaban J connectivity index is 0.00000106. The van der Waals surface area contributed by atoms with Crippen molar-refractivity contribution < 1.29 is 14.3 Å². The lowest BCUT2D eigenvalue weighted by Gasteiger charge is -1.90. The maximum absolute atomic E-state index is 11.1. The van der Waals surface area contributed by atoms with Crippen molar-refractivity contribution in [3.8, 4) is 6.07 Å². The van der Waals surface area contributed by atoms with E-state index in [4.69, 9.17) is 5.26 Å². The molecule has 0 fully saturated rings. The van der Waals surface area contributed by atoms with Crippen LogP contribution in [0.5, 0.6) is 0 Å². The molecule has 5 nitrogen and oxygen atoms in total. The van der Waals surface area contributed by atoms with Crippen LogP contribution in [0.1, 0.15) is 40.6 Å². The molecule has 1 rings (SSSR count). The average molecular weight is 240 g/mol. The monoisotopic (exact) mass is 240 g/mol. The molecule has 16 heavy (non-hydrogen) atoms. The van der Waals surface area contributed by atoms with Gasteiger partial charge >= 0.3 is 5.97 Å². The lowest BCUT2D eigenvalue weighted by molar-refractivity contribution is 0.0600. The van der Waals surface area contributed by atoms with Gasteiger partial charge in [0.1, 0.15) is 12.1 Å². The molecule has 0 spiro atoms. The van der Waals surface area contributed by atoms with Crippen molar-refractivity contribution in [1.82, 2.24) is 4.98 Å². The molecule has 1 heterocycles. The number of methoxy groups -OCH3 is 1. The van der Waals surface area contributed by atoms with E-state index in [0.29, 0.717) is 0 Å². The van der Waals surface area contributed by atoms with Crippen LogP contribution in [-0.2, 0) is 4.74 Å². The normalized spacial score (nSPS) is 8.38. The summed E-state index contributed by atoms with van der Waals surface area (Å²) in [5.74, 6) is -0.968. The fourth-order valence-corrected chi connectivity index (χ4v) is 1.48. The number of ether oxygens (including phenoxy) is 1. The zero-order valence-corrected chi connectivity index (χ0v) is 10.1. The maximum atomic E-state index is 11.1. The number of esters is 1. The van der Waals surface area contributed by atoms with E-state index < -0.39 is 5.97 Å². The van der Waals surface area contributed by atoms with Crippen molar-refractivity contribution in [2.75, 3.05) is 7.11 Å². The maximum Gasteiger partial charge on any atom is 0.367 e. The third kappa shape index (κ3) is 3.79. The Morgan fingerprint density at radius 2 is 2.19 bits per heavy atom. The number of nitrogens with zero attached hydrogens (tertiary/aromatic N) is 2. The van der Waals surface area contributed by atoms with E-state index in [0.717, 1.165) is 11.3 Å². The summed E-state index contributed by atoms with van der Waals surface area (Å²) >= 11 is 1.02. The van der Waals surface area contributed by atoms with Gasteiger partial charge in [0.2, 0.25) is 5.01 Å². The van der Waals surface area contributed by atoms with Gasteiger partial charge in [0.15, 0.2) is 5.78 Å². The molecule has 86 valence electrons. The molecule has 0 aliphatic heterocycles. The minimum Gasteiger partial charge on any atom is -0.464 e. The van der Waals surface area contributed by atoms with Crippen LogP contribution in [0.25, 0.3) is 0 Å². The predicted molar refractivity (Wildman–Crippen MR) is 59.4 cm³/mol. The molecule has 0 aliphatic carbocycles. The Kier molecular flexibility index (Phi) is 6.72. The zero-order chi connectivity index (χ0) is 12.6. The fourth-order valence-electron chi connectivity index (χ4n) is 0.745. The van der Waals surface area contributed by atoms with Crippen molar-refractivity contribution in [1.29, 1.82) is 5.26 Å². The first-order valence-electron chi connectivity index (χ1n) is 4.63. The molecule has 0 saturated heterocycles. The topological polar surface area (TPSA) is 80.0 Å². The van der Waals surface area contributed by atoms with E-state index in [1.165, 1.54) is 12.5 Å². The summed E-state index contributed by atoms with van der Waals surface area (Å²) in [6.07, 6.45) is -0.232. The summed E-state index contributed by atoms with van der Waals surface area (Å²) in [7, 11) is 1.24. The first kappa shape index (κ1) is 14.3. The number of Topliss-reactive ketones (excluding diaryl/α,β-unsaturated/α-hetero) is 1. The summed E-state index contributed by atoms with van der Waals surface area (Å²) < 4.78 is 4.42. The molecule has 0 bridgehead atoms. The number of rotatable bonds is 3. The molecule has 0 N–H and O–H groups in total. The summed E-state index contributed by atoms with van der Waals surface area (Å²) in [6.45, 7) is 4.00. The molecule has 6 heteroatoms. The highest BCUT2D eigenvalue weighted by Crippen LogP contribution is 2.12. The summed E-state index contributed by atoms with van der Waals surface area (Å²) in [5.41, 5.74) is 0.136. The summed E-state index contributed by atoms with van der Waals surface area (Å²) in [6, 6.07) is 1.72. The molecular formula is C10H12N2O3S. The first-order valence-corrected chi connectivity index (χ1v) is 5.51. The zero-order valence-electron chi connectivity index (χ0n) is 9.31. The van der Waals surface area contributed by atoms with Crippen molar-refractivity contribution in [2.24, 2.45) is 0 Å². The Morgan fingerprint density at radius 1 is 1.56 bits per heavy atom. The number of carbonyl (C=O) groups is 2. The molecule has 0 saturated carbocycles. The summed E-state index contributed by atoms with van der Waals surface area (Å²) in [5, 5.41) is 9.83. The molecule has 1 aromatic rings. The molecule has 0 radical (unpaired) electrons. The SMILES string of the molecule is CC.COC(=O)c1nc(C(=O)CC#N)cs1. The highest BCUT2D eigenvalue weighted by molar-refractivity contribution is 7.11. The van der Waals surface area contributed by atoms with Crippen molar-refractivity contribution in [3.63, 3.8) is 0 Å². The highest BCUT2D eigenvalue weighted by Gasteiger charge is 2.15. The van der Waals surface area contributed by atoms with Gasteiger partial charge in [0, 0.05) is 5.38 Å². The van der Waals surface area contributed by atoms with Gasteiger partial charge < -0.3 is 4.74 Å². The smallest absolute Gasteiger partial charge is 0.367 e. The number of carbonyl (C=O) groups excluding carboxylic acids is 2. The van der Waals surface area contributed by atoms with Gasteiger partial charge in [0.05, 0.1) is 13.2 Å². The molecule has 0 unspecified atom stereocenters. The molecule has 0 aliphatic rings. The van der Waals surface area contributed by atoms with Crippen LogP contribution < -0.4 is 0 Å². The molecule has 0 atom stereocenters. The largest absolute Gasteiger partial charge is 0.464 e. The minimum absolute atomic E-state index is 0.119. The van der Waals surface area contributed by atoms with Gasteiger partial charge in [-0.15, -0.1) is 11.3 Å². The molecular weight excluding hydrogens is 228 g/mol. The second kappa shape index (κ2) is 7.54. The van der Waals surface area contributed by atoms with Crippen LogP contribution >= 0.6 is 11.3 Å². The number of hydrogen-bond donors (Lipinski definition) is 0.